The lowest BCUT2D eigenvalue weighted by Crippen LogP contribution is -2.43. The van der Waals surface area contributed by atoms with Crippen molar-refractivity contribution < 1.29 is 9.59 Å². The smallest absolute Gasteiger partial charge is 0.232 e. The van der Waals surface area contributed by atoms with Gasteiger partial charge in [0.2, 0.25) is 5.91 Å². The lowest BCUT2D eigenvalue weighted by atomic mass is 9.69. The molecular formula is C26H29NO2. The maximum atomic E-state index is 13.4. The summed E-state index contributed by atoms with van der Waals surface area (Å²) in [6.07, 6.45) is 1.60. The van der Waals surface area contributed by atoms with Crippen molar-refractivity contribution in [1.82, 2.24) is 0 Å². The highest BCUT2D eigenvalue weighted by molar-refractivity contribution is 6.07. The van der Waals surface area contributed by atoms with E-state index in [9.17, 15) is 9.59 Å². The fourth-order valence-electron chi connectivity index (χ4n) is 4.66. The van der Waals surface area contributed by atoms with E-state index in [0.717, 1.165) is 34.5 Å². The number of aryl methyl sites for hydroxylation is 3. The van der Waals surface area contributed by atoms with Crippen LogP contribution in [0.1, 0.15) is 61.3 Å². The van der Waals surface area contributed by atoms with Crippen LogP contribution in [0.15, 0.2) is 53.7 Å². The van der Waals surface area contributed by atoms with Crippen molar-refractivity contribution in [3.8, 4) is 0 Å². The Morgan fingerprint density at radius 2 is 1.59 bits per heavy atom. The van der Waals surface area contributed by atoms with Crippen LogP contribution in [0.2, 0.25) is 0 Å². The van der Waals surface area contributed by atoms with Crippen LogP contribution in [-0.4, -0.2) is 11.7 Å². The van der Waals surface area contributed by atoms with Crippen LogP contribution < -0.4 is 4.90 Å². The third-order valence-electron chi connectivity index (χ3n) is 6.37. The Bertz CT molecular complexity index is 1030. The number of allylic oxidation sites excluding steroid dienone is 2. The minimum absolute atomic E-state index is 0.0723. The maximum absolute atomic E-state index is 13.4. The van der Waals surface area contributed by atoms with Gasteiger partial charge >= 0.3 is 0 Å². The molecule has 0 saturated carbocycles. The van der Waals surface area contributed by atoms with Crippen molar-refractivity contribution >= 4 is 17.4 Å². The number of carbonyl (C=O) groups excluding carboxylic acids is 2. The number of hydrogen-bond acceptors (Lipinski definition) is 2. The maximum Gasteiger partial charge on any atom is 0.232 e. The molecule has 1 heterocycles. The van der Waals surface area contributed by atoms with Crippen molar-refractivity contribution in [2.45, 2.75) is 59.8 Å². The minimum atomic E-state index is -0.149. The van der Waals surface area contributed by atoms with Crippen LogP contribution in [-0.2, 0) is 9.59 Å². The van der Waals surface area contributed by atoms with Gasteiger partial charge in [-0.1, -0.05) is 49.7 Å². The molecule has 2 aliphatic rings. The number of nitrogens with zero attached hydrogens (tertiary/aromatic N) is 1. The number of carbonyl (C=O) groups is 2. The third kappa shape index (κ3) is 3.55. The zero-order chi connectivity index (χ0) is 20.9. The molecule has 3 heteroatoms. The summed E-state index contributed by atoms with van der Waals surface area (Å²) in [6, 6.07) is 14.4. The van der Waals surface area contributed by atoms with Gasteiger partial charge in [-0.2, -0.15) is 0 Å². The van der Waals surface area contributed by atoms with Crippen molar-refractivity contribution in [3.63, 3.8) is 0 Å². The number of benzene rings is 2. The molecule has 150 valence electrons. The molecule has 3 nitrogen and oxygen atoms in total. The monoisotopic (exact) mass is 387 g/mol. The lowest BCUT2D eigenvalue weighted by Gasteiger charge is -2.43. The van der Waals surface area contributed by atoms with E-state index >= 15 is 0 Å². The number of anilines is 1. The normalized spacial score (nSPS) is 21.4. The quantitative estimate of drug-likeness (QED) is 0.655. The lowest BCUT2D eigenvalue weighted by molar-refractivity contribution is -0.121. The Morgan fingerprint density at radius 1 is 0.897 bits per heavy atom. The van der Waals surface area contributed by atoms with Crippen molar-refractivity contribution in [3.05, 3.63) is 76.0 Å². The molecule has 1 atom stereocenters. The second-order valence-corrected chi connectivity index (χ2v) is 9.47. The highest BCUT2D eigenvalue weighted by Crippen LogP contribution is 2.48. The van der Waals surface area contributed by atoms with Gasteiger partial charge in [-0.25, -0.2) is 0 Å². The van der Waals surface area contributed by atoms with E-state index in [-0.39, 0.29) is 23.0 Å². The molecule has 29 heavy (non-hydrogen) atoms. The van der Waals surface area contributed by atoms with Crippen LogP contribution in [0.4, 0.5) is 5.69 Å². The first-order valence-corrected chi connectivity index (χ1v) is 10.4. The highest BCUT2D eigenvalue weighted by Gasteiger charge is 2.44. The van der Waals surface area contributed by atoms with Crippen molar-refractivity contribution in [1.29, 1.82) is 0 Å². The number of Topliss-reactive ketones (excluding diaryl/α,β-unsaturated/α-hetero) is 1. The molecule has 0 bridgehead atoms. The fourth-order valence-corrected chi connectivity index (χ4v) is 4.66. The Hall–Kier alpha value is -2.68. The average molecular weight is 388 g/mol. The van der Waals surface area contributed by atoms with Gasteiger partial charge in [0.05, 0.1) is 0 Å². The van der Waals surface area contributed by atoms with Gasteiger partial charge in [0.15, 0.2) is 5.78 Å². The van der Waals surface area contributed by atoms with E-state index in [4.69, 9.17) is 0 Å². The molecule has 0 N–H and O–H groups in total. The van der Waals surface area contributed by atoms with Crippen LogP contribution in [0.25, 0.3) is 0 Å². The van der Waals surface area contributed by atoms with Gasteiger partial charge in [0.1, 0.15) is 0 Å². The fraction of sp³-hybridized carbons (Fsp3) is 0.385. The van der Waals surface area contributed by atoms with Crippen LogP contribution in [0, 0.1) is 26.2 Å². The Labute approximate surface area is 173 Å². The second kappa shape index (κ2) is 6.98. The zero-order valence-electron chi connectivity index (χ0n) is 18.0. The molecule has 1 aliphatic carbocycles. The largest absolute Gasteiger partial charge is 0.294 e. The Morgan fingerprint density at radius 3 is 2.24 bits per heavy atom. The molecule has 0 radical (unpaired) electrons. The SMILES string of the molecule is Cc1ccc(C2CC(=O)N(c3ccc(C)c(C)c3)C3=C2C(=O)CC(C)(C)C3)cc1. The first-order valence-electron chi connectivity index (χ1n) is 10.4. The molecule has 0 aromatic heterocycles. The van der Waals surface area contributed by atoms with Gasteiger partial charge in [0.25, 0.3) is 0 Å². The minimum Gasteiger partial charge on any atom is -0.294 e. The number of amides is 1. The molecule has 1 unspecified atom stereocenters. The second-order valence-electron chi connectivity index (χ2n) is 9.47. The molecule has 2 aromatic carbocycles. The number of rotatable bonds is 2. The van der Waals surface area contributed by atoms with Gasteiger partial charge < -0.3 is 0 Å². The van der Waals surface area contributed by atoms with E-state index in [1.165, 1.54) is 11.1 Å². The predicted molar refractivity (Wildman–Crippen MR) is 117 cm³/mol. The molecule has 0 fully saturated rings. The summed E-state index contributed by atoms with van der Waals surface area (Å²) in [5.74, 6) is 0.107. The molecule has 0 saturated heterocycles. The highest BCUT2D eigenvalue weighted by atomic mass is 16.2. The van der Waals surface area contributed by atoms with Crippen molar-refractivity contribution in [2.75, 3.05) is 4.90 Å². The van der Waals surface area contributed by atoms with Crippen LogP contribution in [0.5, 0.6) is 0 Å². The van der Waals surface area contributed by atoms with Gasteiger partial charge in [-0.15, -0.1) is 0 Å². The summed E-state index contributed by atoms with van der Waals surface area (Å²) in [5.41, 5.74) is 7.05. The van der Waals surface area contributed by atoms with Gasteiger partial charge in [-0.05, 0) is 61.4 Å². The summed E-state index contributed by atoms with van der Waals surface area (Å²) < 4.78 is 0. The number of hydrogen-bond donors (Lipinski definition) is 0. The van der Waals surface area contributed by atoms with Crippen molar-refractivity contribution in [2.24, 2.45) is 5.41 Å². The average Bonchev–Trinajstić information content (AvgIpc) is 2.63. The van der Waals surface area contributed by atoms with Gasteiger partial charge in [0, 0.05) is 35.7 Å². The van der Waals surface area contributed by atoms with E-state index in [2.05, 4.69) is 71.0 Å². The first kappa shape index (κ1) is 19.6. The molecule has 0 spiro atoms. The predicted octanol–water partition coefficient (Wildman–Crippen LogP) is 5.78. The van der Waals surface area contributed by atoms with E-state index in [1.807, 2.05) is 11.0 Å². The summed E-state index contributed by atoms with van der Waals surface area (Å²) in [5, 5.41) is 0. The van der Waals surface area contributed by atoms with E-state index in [1.54, 1.807) is 0 Å². The Balaban J connectivity index is 1.89. The Kier molecular flexibility index (Phi) is 4.72. The molecule has 4 rings (SSSR count). The van der Waals surface area contributed by atoms with Crippen LogP contribution in [0.3, 0.4) is 0 Å². The summed E-state index contributed by atoms with van der Waals surface area (Å²) >= 11 is 0. The first-order chi connectivity index (χ1) is 13.7. The third-order valence-corrected chi connectivity index (χ3v) is 6.37. The summed E-state index contributed by atoms with van der Waals surface area (Å²) in [6.45, 7) is 10.4. The summed E-state index contributed by atoms with van der Waals surface area (Å²) in [7, 11) is 0. The molecule has 2 aromatic rings. The van der Waals surface area contributed by atoms with Gasteiger partial charge in [-0.3, -0.25) is 14.5 Å². The van der Waals surface area contributed by atoms with E-state index in [0.29, 0.717) is 12.8 Å². The number of ketones is 1. The van der Waals surface area contributed by atoms with Crippen LogP contribution >= 0.6 is 0 Å². The van der Waals surface area contributed by atoms with E-state index < -0.39 is 0 Å². The molecular weight excluding hydrogens is 358 g/mol. The topological polar surface area (TPSA) is 37.4 Å². The molecule has 1 amide bonds. The summed E-state index contributed by atoms with van der Waals surface area (Å²) in [4.78, 5) is 28.5. The standard InChI is InChI=1S/C26H29NO2/c1-16-6-9-19(10-7-16)21-13-24(29)27(20-11-8-17(2)18(3)12-20)22-14-26(4,5)15-23(28)25(21)22/h6-12,21H,13-15H2,1-5H3. The molecule has 1 aliphatic heterocycles. The zero-order valence-corrected chi connectivity index (χ0v) is 18.0.